The molecule has 1 unspecified atom stereocenters. The third-order valence-electron chi connectivity index (χ3n) is 1.44. The molecule has 46 valence electrons. The van der Waals surface area contributed by atoms with Gasteiger partial charge in [0.15, 0.2) is 0 Å². The van der Waals surface area contributed by atoms with Crippen LogP contribution in [0.4, 0.5) is 0 Å². The van der Waals surface area contributed by atoms with Crippen LogP contribution in [0, 0.1) is 5.92 Å². The van der Waals surface area contributed by atoms with Crippen LogP contribution >= 0.6 is 0 Å². The summed E-state index contributed by atoms with van der Waals surface area (Å²) >= 11 is 1.76. The van der Waals surface area contributed by atoms with Crippen molar-refractivity contribution in [2.75, 3.05) is 6.61 Å². The van der Waals surface area contributed by atoms with Crippen molar-refractivity contribution in [3.63, 3.8) is 0 Å². The Labute approximate surface area is 58.3 Å². The van der Waals surface area contributed by atoms with Crippen molar-refractivity contribution in [3.8, 4) is 0 Å². The number of aliphatic hydroxyl groups excluding tert-OH is 1. The Morgan fingerprint density at radius 3 is 2.62 bits per heavy atom. The van der Waals surface area contributed by atoms with E-state index in [0.29, 0.717) is 12.5 Å². The van der Waals surface area contributed by atoms with Crippen molar-refractivity contribution in [1.82, 2.24) is 0 Å². The van der Waals surface area contributed by atoms with E-state index in [1.807, 2.05) is 0 Å². The summed E-state index contributed by atoms with van der Waals surface area (Å²) in [6.45, 7) is 0.330. The zero-order valence-corrected chi connectivity index (χ0v) is 7.17. The maximum absolute atomic E-state index is 8.64. The molecule has 0 aromatic rings. The molecule has 0 amide bonds. The van der Waals surface area contributed by atoms with Crippen molar-refractivity contribution in [3.05, 3.63) is 12.2 Å². The zero-order chi connectivity index (χ0) is 5.98. The van der Waals surface area contributed by atoms with Crippen LogP contribution in [0.25, 0.3) is 0 Å². The fourth-order valence-electron chi connectivity index (χ4n) is 0.942. The summed E-state index contributed by atoms with van der Waals surface area (Å²) in [5, 5.41) is 8.64. The Kier molecular flexibility index (Phi) is 2.15. The number of aliphatic hydroxyl groups is 1. The van der Waals surface area contributed by atoms with E-state index in [2.05, 4.69) is 12.2 Å². The average Bonchev–Trinajstić information content (AvgIpc) is 2.14. The zero-order valence-electron chi connectivity index (χ0n) is 4.75. The van der Waals surface area contributed by atoms with Crippen molar-refractivity contribution < 1.29 is 5.11 Å². The van der Waals surface area contributed by atoms with Crippen LogP contribution in [0.3, 0.4) is 0 Å². The molecule has 1 aliphatic rings. The molecular weight excluding hydrogens is 163 g/mol. The topological polar surface area (TPSA) is 20.2 Å². The SMILES string of the molecule is OC[C@@H]1C=C[C@H]([AsH2])C1. The monoisotopic (exact) mass is 174 g/mol. The molecule has 3 atom stereocenters. The first-order valence-electron chi connectivity index (χ1n) is 2.87. The molecule has 0 heterocycles. The van der Waals surface area contributed by atoms with Crippen LogP contribution in [0.1, 0.15) is 6.42 Å². The fourth-order valence-corrected chi connectivity index (χ4v) is 1.94. The van der Waals surface area contributed by atoms with Gasteiger partial charge < -0.3 is 0 Å². The van der Waals surface area contributed by atoms with Crippen LogP contribution in [0.5, 0.6) is 0 Å². The van der Waals surface area contributed by atoms with Crippen LogP contribution < -0.4 is 0 Å². The number of hydrogen-bond acceptors (Lipinski definition) is 1. The van der Waals surface area contributed by atoms with Crippen LogP contribution in [-0.4, -0.2) is 28.6 Å². The van der Waals surface area contributed by atoms with Gasteiger partial charge in [0.2, 0.25) is 0 Å². The van der Waals surface area contributed by atoms with Crippen LogP contribution in [0.15, 0.2) is 12.2 Å². The van der Waals surface area contributed by atoms with Gasteiger partial charge in [-0.1, -0.05) is 0 Å². The van der Waals surface area contributed by atoms with Gasteiger partial charge in [0, 0.05) is 0 Å². The fraction of sp³-hybridized carbons (Fsp3) is 0.667. The minimum atomic E-state index is 0.330. The van der Waals surface area contributed by atoms with Gasteiger partial charge in [-0.25, -0.2) is 0 Å². The van der Waals surface area contributed by atoms with E-state index in [1.165, 1.54) is 0 Å². The molecule has 0 fully saturated rings. The molecule has 1 aliphatic carbocycles. The van der Waals surface area contributed by atoms with Gasteiger partial charge in [0.25, 0.3) is 0 Å². The predicted octanol–water partition coefficient (Wildman–Crippen LogP) is -0.0236. The van der Waals surface area contributed by atoms with E-state index in [0.717, 1.165) is 11.1 Å². The third kappa shape index (κ3) is 1.37. The first-order valence-corrected chi connectivity index (χ1v) is 4.27. The Hall–Kier alpha value is 0.258. The van der Waals surface area contributed by atoms with Crippen molar-refractivity contribution in [1.29, 1.82) is 0 Å². The van der Waals surface area contributed by atoms with Gasteiger partial charge in [-0.05, 0) is 0 Å². The third-order valence-corrected chi connectivity index (χ3v) is 2.48. The van der Waals surface area contributed by atoms with Crippen LogP contribution in [0.2, 0.25) is 4.71 Å². The van der Waals surface area contributed by atoms with E-state index in [4.69, 9.17) is 5.11 Å². The number of hydrogen-bond donors (Lipinski definition) is 1. The van der Waals surface area contributed by atoms with Gasteiger partial charge >= 0.3 is 57.8 Å². The molecule has 0 aromatic carbocycles. The molecule has 0 radical (unpaired) electrons. The summed E-state index contributed by atoms with van der Waals surface area (Å²) in [5.41, 5.74) is 0. The summed E-state index contributed by atoms with van der Waals surface area (Å²) in [4.78, 5) is 0. The Morgan fingerprint density at radius 2 is 2.38 bits per heavy atom. The van der Waals surface area contributed by atoms with Gasteiger partial charge in [-0.15, -0.1) is 0 Å². The normalized spacial score (nSPS) is 36.2. The summed E-state index contributed by atoms with van der Waals surface area (Å²) in [5.74, 6) is 0.465. The molecular formula is C6H11AsO. The van der Waals surface area contributed by atoms with E-state index >= 15 is 0 Å². The van der Waals surface area contributed by atoms with Gasteiger partial charge in [-0.2, -0.15) is 0 Å². The molecule has 2 heteroatoms. The summed E-state index contributed by atoms with van der Waals surface area (Å²) in [6.07, 6.45) is 5.48. The van der Waals surface area contributed by atoms with E-state index in [1.54, 1.807) is 16.9 Å². The van der Waals surface area contributed by atoms with E-state index in [9.17, 15) is 0 Å². The molecule has 0 aromatic heterocycles. The average molecular weight is 174 g/mol. The Bertz CT molecular complexity index is 101. The van der Waals surface area contributed by atoms with Gasteiger partial charge in [0.05, 0.1) is 0 Å². The Balaban J connectivity index is 2.34. The minimum absolute atomic E-state index is 0.330. The summed E-state index contributed by atoms with van der Waals surface area (Å²) in [6, 6.07) is 0. The first-order chi connectivity index (χ1) is 3.83. The maximum atomic E-state index is 8.64. The second-order valence-corrected chi connectivity index (χ2v) is 4.02. The van der Waals surface area contributed by atoms with Crippen molar-refractivity contribution >= 4 is 16.9 Å². The molecule has 0 saturated carbocycles. The van der Waals surface area contributed by atoms with E-state index < -0.39 is 0 Å². The molecule has 0 spiro atoms. The molecule has 1 nitrogen and oxygen atoms in total. The Morgan fingerprint density at radius 1 is 1.62 bits per heavy atom. The summed E-state index contributed by atoms with van der Waals surface area (Å²) in [7, 11) is 0. The number of allylic oxidation sites excluding steroid dienone is 1. The molecule has 0 aliphatic heterocycles. The molecule has 0 bridgehead atoms. The van der Waals surface area contributed by atoms with Gasteiger partial charge in [0.1, 0.15) is 0 Å². The standard InChI is InChI=1S/C6H11AsO/c7-6-2-1-5(3-6)4-8/h1-2,5-6,8H,3-4,7H2/t5-,6+/m1/s1. The van der Waals surface area contributed by atoms with Crippen LogP contribution in [-0.2, 0) is 0 Å². The first kappa shape index (κ1) is 6.38. The molecule has 8 heavy (non-hydrogen) atoms. The number of rotatable bonds is 1. The predicted molar refractivity (Wildman–Crippen MR) is 36.6 cm³/mol. The van der Waals surface area contributed by atoms with E-state index in [-0.39, 0.29) is 0 Å². The van der Waals surface area contributed by atoms with Crippen molar-refractivity contribution in [2.45, 2.75) is 11.1 Å². The van der Waals surface area contributed by atoms with Crippen molar-refractivity contribution in [2.24, 2.45) is 5.92 Å². The molecule has 1 rings (SSSR count). The summed E-state index contributed by atoms with van der Waals surface area (Å²) < 4.78 is 0.750. The quantitative estimate of drug-likeness (QED) is 0.437. The van der Waals surface area contributed by atoms with Gasteiger partial charge in [-0.3, -0.25) is 0 Å². The molecule has 1 N–H and O–H groups in total. The second kappa shape index (κ2) is 2.70. The second-order valence-electron chi connectivity index (χ2n) is 2.23. The molecule has 0 saturated heterocycles.